The Bertz CT molecular complexity index is 637. The molecule has 1 aromatic rings. The van der Waals surface area contributed by atoms with Gasteiger partial charge in [0, 0.05) is 22.7 Å². The van der Waals surface area contributed by atoms with Gasteiger partial charge in [0.1, 0.15) is 0 Å². The van der Waals surface area contributed by atoms with Gasteiger partial charge in [0.05, 0.1) is 12.5 Å². The first-order valence-electron chi connectivity index (χ1n) is 8.30. The van der Waals surface area contributed by atoms with Crippen molar-refractivity contribution in [2.75, 3.05) is 18.9 Å². The van der Waals surface area contributed by atoms with Crippen LogP contribution in [0.3, 0.4) is 0 Å². The molecule has 140 valence electrons. The second-order valence-electron chi connectivity index (χ2n) is 7.01. The summed E-state index contributed by atoms with van der Waals surface area (Å²) in [5.41, 5.74) is 7.53. The molecule has 5 nitrogen and oxygen atoms in total. The maximum Gasteiger partial charge on any atom is 0.243 e. The summed E-state index contributed by atoms with van der Waals surface area (Å²) < 4.78 is 0.963. The summed E-state index contributed by atoms with van der Waals surface area (Å²) in [7, 11) is 1.67. The Morgan fingerprint density at radius 3 is 2.68 bits per heavy atom. The minimum Gasteiger partial charge on any atom is -0.336 e. The van der Waals surface area contributed by atoms with E-state index in [1.807, 2.05) is 32.0 Å². The lowest BCUT2D eigenvalue weighted by Crippen LogP contribution is -2.53. The third kappa shape index (κ3) is 5.69. The molecule has 25 heavy (non-hydrogen) atoms. The molecule has 2 amide bonds. The molecular formula is C18H27BrClN3O2. The number of amides is 2. The van der Waals surface area contributed by atoms with Crippen LogP contribution < -0.4 is 11.1 Å². The zero-order valence-electron chi connectivity index (χ0n) is 15.0. The molecule has 1 aliphatic rings. The Morgan fingerprint density at radius 1 is 1.40 bits per heavy atom. The zero-order valence-corrected chi connectivity index (χ0v) is 17.4. The number of carbonyl (C=O) groups is 2. The average molecular weight is 433 g/mol. The maximum absolute atomic E-state index is 12.7. The Morgan fingerprint density at radius 2 is 2.08 bits per heavy atom. The number of hydrogen-bond acceptors (Lipinski definition) is 3. The van der Waals surface area contributed by atoms with E-state index in [1.165, 1.54) is 4.90 Å². The molecular weight excluding hydrogens is 406 g/mol. The molecule has 1 aromatic carbocycles. The monoisotopic (exact) mass is 431 g/mol. The minimum atomic E-state index is -0.484. The first-order chi connectivity index (χ1) is 11.2. The van der Waals surface area contributed by atoms with Gasteiger partial charge in [-0.05, 0) is 50.5 Å². The number of hydrogen-bond donors (Lipinski definition) is 2. The molecule has 1 saturated carbocycles. The van der Waals surface area contributed by atoms with Crippen molar-refractivity contribution in [2.45, 2.75) is 45.1 Å². The van der Waals surface area contributed by atoms with Crippen molar-refractivity contribution in [3.8, 4) is 0 Å². The number of rotatable bonds is 4. The molecule has 2 rings (SSSR count). The Labute approximate surface area is 164 Å². The van der Waals surface area contributed by atoms with Crippen LogP contribution in [-0.4, -0.2) is 35.8 Å². The van der Waals surface area contributed by atoms with Crippen LogP contribution in [0.4, 0.5) is 5.69 Å². The highest BCUT2D eigenvalue weighted by Crippen LogP contribution is 2.32. The first-order valence-corrected chi connectivity index (χ1v) is 9.10. The van der Waals surface area contributed by atoms with Gasteiger partial charge in [-0.3, -0.25) is 9.59 Å². The number of nitrogens with two attached hydrogens (primary N) is 1. The predicted molar refractivity (Wildman–Crippen MR) is 107 cm³/mol. The largest absolute Gasteiger partial charge is 0.336 e. The van der Waals surface area contributed by atoms with Gasteiger partial charge in [-0.1, -0.05) is 28.8 Å². The molecule has 0 bridgehead atoms. The van der Waals surface area contributed by atoms with Crippen molar-refractivity contribution in [1.82, 2.24) is 4.90 Å². The van der Waals surface area contributed by atoms with E-state index in [2.05, 4.69) is 21.2 Å². The maximum atomic E-state index is 12.7. The van der Waals surface area contributed by atoms with E-state index in [-0.39, 0.29) is 36.7 Å². The summed E-state index contributed by atoms with van der Waals surface area (Å²) in [6.45, 7) is 3.89. The fourth-order valence-corrected chi connectivity index (χ4v) is 3.76. The van der Waals surface area contributed by atoms with Crippen molar-refractivity contribution in [1.29, 1.82) is 0 Å². The van der Waals surface area contributed by atoms with Gasteiger partial charge in [0.25, 0.3) is 0 Å². The molecule has 2 atom stereocenters. The molecule has 0 aliphatic heterocycles. The van der Waals surface area contributed by atoms with Crippen LogP contribution in [0.15, 0.2) is 22.7 Å². The minimum absolute atomic E-state index is 0. The van der Waals surface area contributed by atoms with Crippen molar-refractivity contribution in [3.05, 3.63) is 28.2 Å². The number of halogens is 2. The summed E-state index contributed by atoms with van der Waals surface area (Å²) in [6, 6.07) is 5.66. The Balaban J connectivity index is 0.00000312. The highest BCUT2D eigenvalue weighted by Gasteiger charge is 2.39. The van der Waals surface area contributed by atoms with Crippen LogP contribution in [0.2, 0.25) is 0 Å². The normalized spacial score (nSPS) is 22.7. The van der Waals surface area contributed by atoms with Crippen molar-refractivity contribution < 1.29 is 9.59 Å². The molecule has 3 N–H and O–H groups in total. The predicted octanol–water partition coefficient (Wildman–Crippen LogP) is 3.48. The standard InChI is InChI=1S/C18H26BrN3O2.ClH/c1-12-10-13(19)7-8-15(12)21-16(23)11-22(3)17(24)14-6-4-5-9-18(14,2)20;/h7-8,10,14H,4-6,9,11,20H2,1-3H3,(H,21,23);1H. The topological polar surface area (TPSA) is 75.4 Å². The number of anilines is 1. The summed E-state index contributed by atoms with van der Waals surface area (Å²) >= 11 is 3.40. The van der Waals surface area contributed by atoms with E-state index in [0.29, 0.717) is 0 Å². The lowest BCUT2D eigenvalue weighted by molar-refractivity contribution is -0.139. The first kappa shape index (κ1) is 21.9. The SMILES string of the molecule is Cc1cc(Br)ccc1NC(=O)CN(C)C(=O)C1CCCCC1(C)N.Cl. The van der Waals surface area contributed by atoms with Crippen LogP contribution >= 0.6 is 28.3 Å². The number of likely N-dealkylation sites (N-methyl/N-ethyl adjacent to an activating group) is 1. The Kier molecular flexibility index (Phi) is 7.90. The smallest absolute Gasteiger partial charge is 0.243 e. The molecule has 1 aliphatic carbocycles. The lowest BCUT2D eigenvalue weighted by atomic mass is 9.74. The van der Waals surface area contributed by atoms with Crippen molar-refractivity contribution >= 4 is 45.8 Å². The third-order valence-corrected chi connectivity index (χ3v) is 5.27. The van der Waals surface area contributed by atoms with Crippen molar-refractivity contribution in [3.63, 3.8) is 0 Å². The molecule has 0 saturated heterocycles. The average Bonchev–Trinajstić information content (AvgIpc) is 2.49. The van der Waals surface area contributed by atoms with Crippen molar-refractivity contribution in [2.24, 2.45) is 11.7 Å². The molecule has 0 heterocycles. The van der Waals surface area contributed by atoms with E-state index >= 15 is 0 Å². The van der Waals surface area contributed by atoms with Gasteiger partial charge in [0.15, 0.2) is 0 Å². The van der Waals surface area contributed by atoms with Gasteiger partial charge in [-0.15, -0.1) is 12.4 Å². The second kappa shape index (κ2) is 9.01. The number of nitrogens with zero attached hydrogens (tertiary/aromatic N) is 1. The van der Waals surface area contributed by atoms with Crippen LogP contribution in [0.5, 0.6) is 0 Å². The van der Waals surface area contributed by atoms with Gasteiger partial charge in [-0.25, -0.2) is 0 Å². The molecule has 1 fully saturated rings. The van der Waals surface area contributed by atoms with E-state index < -0.39 is 5.54 Å². The number of aryl methyl sites for hydroxylation is 1. The summed E-state index contributed by atoms with van der Waals surface area (Å²) in [5, 5.41) is 2.86. The number of benzene rings is 1. The zero-order chi connectivity index (χ0) is 17.9. The van der Waals surface area contributed by atoms with E-state index in [1.54, 1.807) is 7.05 Å². The quantitative estimate of drug-likeness (QED) is 0.765. The fourth-order valence-electron chi connectivity index (χ4n) is 3.28. The highest BCUT2D eigenvalue weighted by molar-refractivity contribution is 9.10. The van der Waals surface area contributed by atoms with Crippen LogP contribution in [0.25, 0.3) is 0 Å². The number of nitrogens with one attached hydrogen (secondary N) is 1. The summed E-state index contributed by atoms with van der Waals surface area (Å²) in [4.78, 5) is 26.4. The summed E-state index contributed by atoms with van der Waals surface area (Å²) in [6.07, 6.45) is 3.72. The molecule has 2 unspecified atom stereocenters. The van der Waals surface area contributed by atoms with E-state index in [4.69, 9.17) is 5.73 Å². The Hall–Kier alpha value is -1.11. The lowest BCUT2D eigenvalue weighted by Gasteiger charge is -2.39. The second-order valence-corrected chi connectivity index (χ2v) is 7.92. The van der Waals surface area contributed by atoms with Crippen LogP contribution in [-0.2, 0) is 9.59 Å². The van der Waals surface area contributed by atoms with Crippen LogP contribution in [0, 0.1) is 12.8 Å². The highest BCUT2D eigenvalue weighted by atomic mass is 79.9. The third-order valence-electron chi connectivity index (χ3n) is 4.77. The molecule has 0 spiro atoms. The van der Waals surface area contributed by atoms with Gasteiger partial charge < -0.3 is 16.0 Å². The van der Waals surface area contributed by atoms with Gasteiger partial charge >= 0.3 is 0 Å². The van der Waals surface area contributed by atoms with E-state index in [0.717, 1.165) is 41.4 Å². The molecule has 0 radical (unpaired) electrons. The van der Waals surface area contributed by atoms with Gasteiger partial charge in [0.2, 0.25) is 11.8 Å². The molecule has 7 heteroatoms. The number of carbonyl (C=O) groups excluding carboxylic acids is 2. The van der Waals surface area contributed by atoms with Gasteiger partial charge in [-0.2, -0.15) is 0 Å². The summed E-state index contributed by atoms with van der Waals surface area (Å²) in [5.74, 6) is -0.452. The van der Waals surface area contributed by atoms with E-state index in [9.17, 15) is 9.59 Å². The van der Waals surface area contributed by atoms with Crippen LogP contribution in [0.1, 0.15) is 38.2 Å². The fraction of sp³-hybridized carbons (Fsp3) is 0.556. The molecule has 0 aromatic heterocycles.